The highest BCUT2D eigenvalue weighted by Gasteiger charge is 2.30. The van der Waals surface area contributed by atoms with Crippen molar-refractivity contribution < 1.29 is 8.42 Å². The first-order chi connectivity index (χ1) is 14.4. The van der Waals surface area contributed by atoms with E-state index in [4.69, 9.17) is 0 Å². The van der Waals surface area contributed by atoms with Crippen LogP contribution in [0.2, 0.25) is 0 Å². The molecule has 1 saturated heterocycles. The van der Waals surface area contributed by atoms with Crippen molar-refractivity contribution in [2.75, 3.05) is 26.2 Å². The Balaban J connectivity index is 1.30. The van der Waals surface area contributed by atoms with Gasteiger partial charge in [0.05, 0.1) is 5.69 Å². The van der Waals surface area contributed by atoms with Gasteiger partial charge in [0.25, 0.3) is 0 Å². The Kier molecular flexibility index (Phi) is 4.57. The normalized spacial score (nSPS) is 16.6. The maximum absolute atomic E-state index is 13.2. The van der Waals surface area contributed by atoms with Gasteiger partial charge in [-0.1, -0.05) is 0 Å². The largest absolute Gasteiger partial charge is 0.345 e. The summed E-state index contributed by atoms with van der Waals surface area (Å²) in [6, 6.07) is 5.67. The van der Waals surface area contributed by atoms with Gasteiger partial charge < -0.3 is 4.98 Å². The Morgan fingerprint density at radius 1 is 1.13 bits per heavy atom. The quantitative estimate of drug-likeness (QED) is 0.534. The number of piperazine rings is 1. The zero-order valence-corrected chi connectivity index (χ0v) is 17.7. The van der Waals surface area contributed by atoms with E-state index in [1.807, 2.05) is 20.2 Å². The molecule has 0 amide bonds. The number of hydrogen-bond donors (Lipinski definition) is 1. The Morgan fingerprint density at radius 2 is 1.93 bits per heavy atom. The molecule has 1 aliphatic rings. The summed E-state index contributed by atoms with van der Waals surface area (Å²) in [7, 11) is -1.67. The second-order valence-electron chi connectivity index (χ2n) is 7.66. The van der Waals surface area contributed by atoms with Crippen molar-refractivity contribution in [3.8, 4) is 0 Å². The fourth-order valence-corrected chi connectivity index (χ4v) is 5.68. The molecule has 0 radical (unpaired) electrons. The third kappa shape index (κ3) is 3.17. The minimum absolute atomic E-state index is 0.292. The fraction of sp³-hybridized carbons (Fsp3) is 0.350. The molecular formula is C20H23N7O2S. The number of nitrogens with one attached hydrogen (secondary N) is 1. The van der Waals surface area contributed by atoms with Crippen LogP contribution < -0.4 is 0 Å². The van der Waals surface area contributed by atoms with Gasteiger partial charge in [0.1, 0.15) is 10.5 Å². The number of hydrogen-bond acceptors (Lipinski definition) is 6. The van der Waals surface area contributed by atoms with Crippen LogP contribution in [0.4, 0.5) is 0 Å². The highest BCUT2D eigenvalue weighted by molar-refractivity contribution is 7.89. The monoisotopic (exact) mass is 425 g/mol. The summed E-state index contributed by atoms with van der Waals surface area (Å²) >= 11 is 0. The standard InChI is InChI=1S/C20H23N7O2S/c1-14-17-10-15(11-23-20(17)25(2)24-14)13-26-6-8-27(9-7-26)30(28,29)18-12-22-19-16(18)4-3-5-21-19/h3-5,10-12H,6-9,13H2,1-2H3,(H,21,22). The first-order valence-corrected chi connectivity index (χ1v) is 11.3. The molecule has 10 heteroatoms. The number of H-pyrrole nitrogens is 1. The van der Waals surface area contributed by atoms with E-state index in [-0.39, 0.29) is 0 Å². The number of aromatic amines is 1. The summed E-state index contributed by atoms with van der Waals surface area (Å²) in [5, 5.41) is 6.11. The maximum atomic E-state index is 13.2. The minimum Gasteiger partial charge on any atom is -0.345 e. The molecule has 9 nitrogen and oxygen atoms in total. The minimum atomic E-state index is -3.56. The fourth-order valence-electron chi connectivity index (χ4n) is 4.11. The van der Waals surface area contributed by atoms with Crippen LogP contribution in [0.3, 0.4) is 0 Å². The Bertz CT molecular complexity index is 1330. The number of nitrogens with zero attached hydrogens (tertiary/aromatic N) is 6. The highest BCUT2D eigenvalue weighted by Crippen LogP contribution is 2.25. The lowest BCUT2D eigenvalue weighted by Gasteiger charge is -2.33. The summed E-state index contributed by atoms with van der Waals surface area (Å²) in [5.41, 5.74) is 3.53. The predicted octanol–water partition coefficient (Wildman–Crippen LogP) is 1.66. The zero-order chi connectivity index (χ0) is 20.9. The zero-order valence-electron chi connectivity index (χ0n) is 16.9. The van der Waals surface area contributed by atoms with Gasteiger partial charge in [0, 0.05) is 69.1 Å². The van der Waals surface area contributed by atoms with Crippen molar-refractivity contribution in [2.24, 2.45) is 7.05 Å². The second kappa shape index (κ2) is 7.15. The van der Waals surface area contributed by atoms with Crippen LogP contribution in [0.1, 0.15) is 11.3 Å². The van der Waals surface area contributed by atoms with E-state index < -0.39 is 10.0 Å². The molecule has 1 N–H and O–H groups in total. The van der Waals surface area contributed by atoms with Crippen LogP contribution in [-0.2, 0) is 23.6 Å². The summed E-state index contributed by atoms with van der Waals surface area (Å²) in [4.78, 5) is 14.2. The van der Waals surface area contributed by atoms with Crippen molar-refractivity contribution >= 4 is 32.1 Å². The van der Waals surface area contributed by atoms with Crippen molar-refractivity contribution in [1.29, 1.82) is 0 Å². The summed E-state index contributed by atoms with van der Waals surface area (Å²) in [6.45, 7) is 4.97. The lowest BCUT2D eigenvalue weighted by Crippen LogP contribution is -2.48. The van der Waals surface area contributed by atoms with E-state index in [0.29, 0.717) is 42.1 Å². The third-order valence-corrected chi connectivity index (χ3v) is 7.63. The van der Waals surface area contributed by atoms with E-state index in [0.717, 1.165) is 28.8 Å². The lowest BCUT2D eigenvalue weighted by molar-refractivity contribution is 0.181. The van der Waals surface area contributed by atoms with Crippen molar-refractivity contribution in [2.45, 2.75) is 18.4 Å². The molecule has 1 fully saturated rings. The molecule has 156 valence electrons. The molecule has 5 rings (SSSR count). The molecule has 0 aromatic carbocycles. The van der Waals surface area contributed by atoms with Crippen LogP contribution >= 0.6 is 0 Å². The number of aryl methyl sites for hydroxylation is 2. The number of rotatable bonds is 4. The highest BCUT2D eigenvalue weighted by atomic mass is 32.2. The van der Waals surface area contributed by atoms with Gasteiger partial charge in [0.2, 0.25) is 10.0 Å². The van der Waals surface area contributed by atoms with Gasteiger partial charge in [0.15, 0.2) is 5.65 Å². The van der Waals surface area contributed by atoms with Gasteiger partial charge in [-0.2, -0.15) is 9.40 Å². The summed E-state index contributed by atoms with van der Waals surface area (Å²) in [6.07, 6.45) is 5.06. The Labute approximate surface area is 174 Å². The van der Waals surface area contributed by atoms with Gasteiger partial charge in [-0.25, -0.2) is 18.4 Å². The molecule has 0 spiro atoms. The van der Waals surface area contributed by atoms with Crippen LogP contribution in [0.25, 0.3) is 22.1 Å². The molecule has 4 aromatic heterocycles. The first-order valence-electron chi connectivity index (χ1n) is 9.86. The van der Waals surface area contributed by atoms with Crippen molar-refractivity contribution in [1.82, 2.24) is 33.9 Å². The Morgan fingerprint density at radius 3 is 2.73 bits per heavy atom. The molecule has 0 atom stereocenters. The van der Waals surface area contributed by atoms with Crippen molar-refractivity contribution in [3.63, 3.8) is 0 Å². The van der Waals surface area contributed by atoms with Gasteiger partial charge in [-0.05, 0) is 30.7 Å². The summed E-state index contributed by atoms with van der Waals surface area (Å²) in [5.74, 6) is 0. The molecule has 30 heavy (non-hydrogen) atoms. The third-order valence-electron chi connectivity index (χ3n) is 5.69. The van der Waals surface area contributed by atoms with E-state index in [2.05, 4.69) is 31.0 Å². The van der Waals surface area contributed by atoms with Crippen molar-refractivity contribution in [3.05, 3.63) is 48.0 Å². The SMILES string of the molecule is Cc1nn(C)c2ncc(CN3CCN(S(=O)(=O)c4c[nH]c5ncccc45)CC3)cc12. The molecule has 0 aliphatic carbocycles. The number of aromatic nitrogens is 5. The molecular weight excluding hydrogens is 402 g/mol. The Hall–Kier alpha value is -2.82. The van der Waals surface area contributed by atoms with Crippen LogP contribution in [0.5, 0.6) is 0 Å². The van der Waals surface area contributed by atoms with Gasteiger partial charge >= 0.3 is 0 Å². The topological polar surface area (TPSA) is 100 Å². The van der Waals surface area contributed by atoms with E-state index in [9.17, 15) is 8.42 Å². The average molecular weight is 426 g/mol. The van der Waals surface area contributed by atoms with Gasteiger partial charge in [-0.15, -0.1) is 0 Å². The number of pyridine rings is 2. The van der Waals surface area contributed by atoms with Crippen LogP contribution in [0, 0.1) is 6.92 Å². The van der Waals surface area contributed by atoms with Crippen LogP contribution in [-0.4, -0.2) is 68.5 Å². The average Bonchev–Trinajstić information content (AvgIpc) is 3.30. The molecule has 0 unspecified atom stereocenters. The number of sulfonamides is 1. The van der Waals surface area contributed by atoms with Crippen LogP contribution in [0.15, 0.2) is 41.7 Å². The molecule has 5 heterocycles. The molecule has 0 saturated carbocycles. The molecule has 1 aliphatic heterocycles. The maximum Gasteiger partial charge on any atom is 0.245 e. The predicted molar refractivity (Wildman–Crippen MR) is 113 cm³/mol. The first kappa shape index (κ1) is 19.2. The van der Waals surface area contributed by atoms with E-state index in [1.165, 1.54) is 6.20 Å². The number of fused-ring (bicyclic) bond motifs is 2. The smallest absolute Gasteiger partial charge is 0.245 e. The van der Waals surface area contributed by atoms with E-state index in [1.54, 1.807) is 27.3 Å². The molecule has 0 bridgehead atoms. The lowest BCUT2D eigenvalue weighted by atomic mass is 10.2. The van der Waals surface area contributed by atoms with Gasteiger partial charge in [-0.3, -0.25) is 9.58 Å². The summed E-state index contributed by atoms with van der Waals surface area (Å²) < 4.78 is 29.7. The second-order valence-corrected chi connectivity index (χ2v) is 9.56. The van der Waals surface area contributed by atoms with E-state index >= 15 is 0 Å². The molecule has 4 aromatic rings.